The number of para-hydroxylation sites is 1. The number of carbonyl (C=O) groups is 1. The molecular weight excluding hydrogens is 294 g/mol. The molecule has 114 valence electrons. The highest BCUT2D eigenvalue weighted by molar-refractivity contribution is 6.04. The number of aromatic nitrogens is 2. The van der Waals surface area contributed by atoms with Gasteiger partial charge in [0.25, 0.3) is 0 Å². The highest BCUT2D eigenvalue weighted by Crippen LogP contribution is 2.31. The summed E-state index contributed by atoms with van der Waals surface area (Å²) in [4.78, 5) is 38.9. The van der Waals surface area contributed by atoms with Crippen molar-refractivity contribution in [2.24, 2.45) is 5.73 Å². The molecule has 0 unspecified atom stereocenters. The molecule has 0 fully saturated rings. The van der Waals surface area contributed by atoms with E-state index in [-0.39, 0.29) is 12.0 Å². The van der Waals surface area contributed by atoms with E-state index < -0.39 is 33.0 Å². The molecule has 10 heteroatoms. The van der Waals surface area contributed by atoms with Crippen LogP contribution in [0.15, 0.2) is 30.7 Å². The van der Waals surface area contributed by atoms with Crippen molar-refractivity contribution in [2.45, 2.75) is 12.5 Å². The Morgan fingerprint density at radius 2 is 2.05 bits per heavy atom. The summed E-state index contributed by atoms with van der Waals surface area (Å²) in [6.07, 6.45) is 2.95. The molecule has 0 saturated carbocycles. The van der Waals surface area contributed by atoms with E-state index in [2.05, 4.69) is 9.97 Å². The highest BCUT2D eigenvalue weighted by atomic mass is 16.6. The van der Waals surface area contributed by atoms with Crippen molar-refractivity contribution in [3.05, 3.63) is 62.2 Å². The number of carbonyl (C=O) groups excluding carboxylic acids is 1. The van der Waals surface area contributed by atoms with Crippen molar-refractivity contribution in [1.29, 1.82) is 0 Å². The summed E-state index contributed by atoms with van der Waals surface area (Å²) >= 11 is 0. The Morgan fingerprint density at radius 3 is 2.59 bits per heavy atom. The lowest BCUT2D eigenvalue weighted by Crippen LogP contribution is -2.33. The normalized spacial score (nSPS) is 11.9. The Labute approximate surface area is 123 Å². The molecule has 22 heavy (non-hydrogen) atoms. The number of hydrogen-bond acceptors (Lipinski definition) is 7. The predicted octanol–water partition coefficient (Wildman–Crippen LogP) is 0.979. The van der Waals surface area contributed by atoms with Crippen LogP contribution < -0.4 is 5.73 Å². The van der Waals surface area contributed by atoms with Gasteiger partial charge in [0, 0.05) is 24.4 Å². The second kappa shape index (κ2) is 6.10. The minimum absolute atomic E-state index is 0.0820. The zero-order valence-electron chi connectivity index (χ0n) is 11.1. The van der Waals surface area contributed by atoms with E-state index in [1.54, 1.807) is 0 Å². The second-order valence-corrected chi connectivity index (χ2v) is 4.44. The van der Waals surface area contributed by atoms with Gasteiger partial charge in [-0.3, -0.25) is 25.0 Å². The summed E-state index contributed by atoms with van der Waals surface area (Å²) in [5.41, 5.74) is 4.35. The van der Waals surface area contributed by atoms with Crippen LogP contribution in [0.3, 0.4) is 0 Å². The number of nitro benzene ring substituents is 2. The average Bonchev–Trinajstić information content (AvgIpc) is 2.98. The summed E-state index contributed by atoms with van der Waals surface area (Å²) in [6.45, 7) is 0. The molecular formula is C12H11N5O5. The summed E-state index contributed by atoms with van der Waals surface area (Å²) in [7, 11) is 0. The first-order valence-electron chi connectivity index (χ1n) is 6.10. The summed E-state index contributed by atoms with van der Waals surface area (Å²) in [5.74, 6) is -0.745. The zero-order chi connectivity index (χ0) is 16.3. The third-order valence-corrected chi connectivity index (χ3v) is 2.99. The van der Waals surface area contributed by atoms with Gasteiger partial charge in [-0.15, -0.1) is 0 Å². The number of rotatable bonds is 6. The second-order valence-electron chi connectivity index (χ2n) is 4.44. The number of aromatic amines is 1. The van der Waals surface area contributed by atoms with E-state index in [9.17, 15) is 25.0 Å². The first-order valence-corrected chi connectivity index (χ1v) is 6.10. The van der Waals surface area contributed by atoms with Crippen LogP contribution >= 0.6 is 0 Å². The Bertz CT molecular complexity index is 728. The number of nitrogens with zero attached hydrogens (tertiary/aromatic N) is 3. The van der Waals surface area contributed by atoms with Crippen molar-refractivity contribution >= 4 is 17.2 Å². The maximum Gasteiger partial charge on any atom is 0.356 e. The van der Waals surface area contributed by atoms with Gasteiger partial charge >= 0.3 is 11.4 Å². The SMILES string of the molecule is N[C@@H](Cc1cnc[nH]1)C(=O)c1cccc([N+](=O)[O-])c1[N+](=O)[O-]. The van der Waals surface area contributed by atoms with E-state index in [4.69, 9.17) is 5.73 Å². The molecule has 0 aliphatic rings. The van der Waals surface area contributed by atoms with Crippen LogP contribution in [0.4, 0.5) is 11.4 Å². The molecule has 0 aliphatic heterocycles. The lowest BCUT2D eigenvalue weighted by atomic mass is 9.99. The molecule has 3 N–H and O–H groups in total. The maximum atomic E-state index is 12.3. The molecule has 0 spiro atoms. The quantitative estimate of drug-likeness (QED) is 0.457. The van der Waals surface area contributed by atoms with Crippen LogP contribution in [0.5, 0.6) is 0 Å². The zero-order valence-corrected chi connectivity index (χ0v) is 11.1. The fourth-order valence-corrected chi connectivity index (χ4v) is 2.00. The lowest BCUT2D eigenvalue weighted by Gasteiger charge is -2.09. The van der Waals surface area contributed by atoms with Crippen molar-refractivity contribution in [3.8, 4) is 0 Å². The number of Topliss-reactive ketones (excluding diaryl/α,β-unsaturated/α-hetero) is 1. The molecule has 2 aromatic rings. The molecule has 0 saturated heterocycles. The number of ketones is 1. The summed E-state index contributed by atoms with van der Waals surface area (Å²) < 4.78 is 0. The monoisotopic (exact) mass is 305 g/mol. The largest absolute Gasteiger partial charge is 0.356 e. The molecule has 1 heterocycles. The van der Waals surface area contributed by atoms with Gasteiger partial charge in [-0.25, -0.2) is 4.98 Å². The van der Waals surface area contributed by atoms with E-state index in [1.807, 2.05) is 0 Å². The van der Waals surface area contributed by atoms with Crippen LogP contribution in [0.25, 0.3) is 0 Å². The van der Waals surface area contributed by atoms with Gasteiger partial charge in [0.05, 0.1) is 22.2 Å². The number of imidazole rings is 1. The minimum atomic E-state index is -1.08. The molecule has 2 rings (SSSR count). The fraction of sp³-hybridized carbons (Fsp3) is 0.167. The fourth-order valence-electron chi connectivity index (χ4n) is 2.00. The number of nitro groups is 2. The lowest BCUT2D eigenvalue weighted by molar-refractivity contribution is -0.422. The molecule has 1 aromatic carbocycles. The Hall–Kier alpha value is -3.14. The van der Waals surface area contributed by atoms with Gasteiger partial charge in [0.2, 0.25) is 0 Å². The van der Waals surface area contributed by atoms with Crippen molar-refractivity contribution in [1.82, 2.24) is 9.97 Å². The molecule has 1 atom stereocenters. The van der Waals surface area contributed by atoms with Crippen LogP contribution in [-0.2, 0) is 6.42 Å². The van der Waals surface area contributed by atoms with Gasteiger partial charge < -0.3 is 10.7 Å². The van der Waals surface area contributed by atoms with E-state index >= 15 is 0 Å². The summed E-state index contributed by atoms with van der Waals surface area (Å²) in [6, 6.07) is 2.25. The molecule has 0 amide bonds. The topological polar surface area (TPSA) is 158 Å². The molecule has 0 radical (unpaired) electrons. The smallest absolute Gasteiger partial charge is 0.348 e. The first-order chi connectivity index (χ1) is 10.4. The number of benzene rings is 1. The van der Waals surface area contributed by atoms with Gasteiger partial charge in [-0.2, -0.15) is 0 Å². The number of nitrogens with one attached hydrogen (secondary N) is 1. The molecule has 0 aliphatic carbocycles. The van der Waals surface area contributed by atoms with E-state index in [0.717, 1.165) is 12.1 Å². The molecule has 0 bridgehead atoms. The molecule has 1 aromatic heterocycles. The Balaban J connectivity index is 2.38. The van der Waals surface area contributed by atoms with Gasteiger partial charge in [0.15, 0.2) is 5.78 Å². The maximum absolute atomic E-state index is 12.3. The third-order valence-electron chi connectivity index (χ3n) is 2.99. The van der Waals surface area contributed by atoms with E-state index in [1.165, 1.54) is 18.6 Å². The summed E-state index contributed by atoms with van der Waals surface area (Å²) in [5, 5.41) is 22.0. The van der Waals surface area contributed by atoms with Crippen molar-refractivity contribution in [3.63, 3.8) is 0 Å². The number of hydrogen-bond donors (Lipinski definition) is 2. The number of H-pyrrole nitrogens is 1. The Kier molecular flexibility index (Phi) is 4.23. The van der Waals surface area contributed by atoms with Gasteiger partial charge in [-0.05, 0) is 6.07 Å². The predicted molar refractivity (Wildman–Crippen MR) is 74.3 cm³/mol. The molecule has 10 nitrogen and oxygen atoms in total. The third kappa shape index (κ3) is 2.96. The van der Waals surface area contributed by atoms with Crippen LogP contribution in [-0.4, -0.2) is 31.6 Å². The van der Waals surface area contributed by atoms with Crippen LogP contribution in [0.1, 0.15) is 16.1 Å². The van der Waals surface area contributed by atoms with Crippen molar-refractivity contribution < 1.29 is 14.6 Å². The van der Waals surface area contributed by atoms with Gasteiger partial charge in [-0.1, -0.05) is 6.07 Å². The highest BCUT2D eigenvalue weighted by Gasteiger charge is 2.33. The van der Waals surface area contributed by atoms with Crippen molar-refractivity contribution in [2.75, 3.05) is 0 Å². The standard InChI is InChI=1S/C12H11N5O5/c13-9(4-7-5-14-6-15-7)12(18)8-2-1-3-10(16(19)20)11(8)17(21)22/h1-3,5-6,9H,4,13H2,(H,14,15)/t9-/m0/s1. The first kappa shape index (κ1) is 15.3. The van der Waals surface area contributed by atoms with Crippen LogP contribution in [0, 0.1) is 20.2 Å². The van der Waals surface area contributed by atoms with Crippen LogP contribution in [0.2, 0.25) is 0 Å². The minimum Gasteiger partial charge on any atom is -0.348 e. The average molecular weight is 305 g/mol. The number of nitrogens with two attached hydrogens (primary N) is 1. The van der Waals surface area contributed by atoms with E-state index in [0.29, 0.717) is 5.69 Å². The Morgan fingerprint density at radius 1 is 1.32 bits per heavy atom. The van der Waals surface area contributed by atoms with Gasteiger partial charge in [0.1, 0.15) is 5.56 Å².